The molecule has 0 aliphatic heterocycles. The molecule has 6 heteroatoms. The number of fused-ring (bicyclic) bond motifs is 1. The van der Waals surface area contributed by atoms with Crippen LogP contribution in [0.15, 0.2) is 89.1 Å². The van der Waals surface area contributed by atoms with Crippen molar-refractivity contribution in [1.29, 1.82) is 0 Å². The van der Waals surface area contributed by atoms with E-state index in [1.54, 1.807) is 16.7 Å². The fraction of sp³-hybridized carbons (Fsp3) is 0.125. The summed E-state index contributed by atoms with van der Waals surface area (Å²) in [6.45, 7) is 2.23. The van der Waals surface area contributed by atoms with Gasteiger partial charge >= 0.3 is 5.91 Å². The maximum Gasteiger partial charge on any atom is 0.302 e. The van der Waals surface area contributed by atoms with Crippen molar-refractivity contribution in [3.05, 3.63) is 90.0 Å². The number of hydrogen-bond acceptors (Lipinski definition) is 4. The van der Waals surface area contributed by atoms with Crippen molar-refractivity contribution in [2.45, 2.75) is 13.5 Å². The van der Waals surface area contributed by atoms with E-state index in [0.29, 0.717) is 12.3 Å². The molecular formula is C24H21N3O3. The van der Waals surface area contributed by atoms with E-state index < -0.39 is 5.91 Å². The molecule has 30 heavy (non-hydrogen) atoms. The van der Waals surface area contributed by atoms with Crippen LogP contribution in [0, 0.1) is 6.92 Å². The minimum atomic E-state index is -0.533. The summed E-state index contributed by atoms with van der Waals surface area (Å²) >= 11 is 0. The highest BCUT2D eigenvalue weighted by Gasteiger charge is 2.17. The number of ether oxygens (including phenoxy) is 1. The Morgan fingerprint density at radius 2 is 1.67 bits per heavy atom. The van der Waals surface area contributed by atoms with Crippen LogP contribution in [0.3, 0.4) is 0 Å². The molecule has 0 unspecified atom stereocenters. The van der Waals surface area contributed by atoms with Gasteiger partial charge in [0.05, 0.1) is 12.1 Å². The van der Waals surface area contributed by atoms with Crippen molar-refractivity contribution < 1.29 is 14.6 Å². The molecule has 1 aromatic heterocycles. The van der Waals surface area contributed by atoms with Gasteiger partial charge in [-0.25, -0.2) is 0 Å². The van der Waals surface area contributed by atoms with Gasteiger partial charge in [-0.3, -0.25) is 4.79 Å². The van der Waals surface area contributed by atoms with Crippen molar-refractivity contribution >= 4 is 22.5 Å². The molecule has 0 saturated carbocycles. The number of carbonyl (C=O) groups is 1. The summed E-state index contributed by atoms with van der Waals surface area (Å²) in [5, 5.41) is 19.3. The zero-order valence-electron chi connectivity index (χ0n) is 16.5. The number of hydrogen-bond donors (Lipinski definition) is 1. The van der Waals surface area contributed by atoms with Crippen molar-refractivity contribution in [3.8, 4) is 11.6 Å². The van der Waals surface area contributed by atoms with Crippen molar-refractivity contribution in [2.24, 2.45) is 10.2 Å². The van der Waals surface area contributed by atoms with Gasteiger partial charge in [0.2, 0.25) is 5.88 Å². The lowest BCUT2D eigenvalue weighted by Crippen LogP contribution is -2.07. The van der Waals surface area contributed by atoms with Gasteiger partial charge in [0.25, 0.3) is 0 Å². The highest BCUT2D eigenvalue weighted by atomic mass is 16.5. The van der Waals surface area contributed by atoms with Crippen LogP contribution in [0.25, 0.3) is 10.9 Å². The summed E-state index contributed by atoms with van der Waals surface area (Å²) in [5.41, 5.74) is 3.23. The highest BCUT2D eigenvalue weighted by Crippen LogP contribution is 2.39. The number of amides is 1. The average Bonchev–Trinajstić information content (AvgIpc) is 3.03. The second-order valence-electron chi connectivity index (χ2n) is 6.96. The SMILES string of the molecule is Cc1ccc(OCC(=O)N=Nc2c(O)n(Cc3ccccc3)c3ccccc23)cc1. The molecule has 1 N–H and O–H groups in total. The Kier molecular flexibility index (Phi) is 5.57. The first-order valence-corrected chi connectivity index (χ1v) is 9.60. The lowest BCUT2D eigenvalue weighted by Gasteiger charge is -2.06. The van der Waals surface area contributed by atoms with Crippen LogP contribution in [0.5, 0.6) is 11.6 Å². The summed E-state index contributed by atoms with van der Waals surface area (Å²) < 4.78 is 7.20. The van der Waals surface area contributed by atoms with Crippen molar-refractivity contribution in [1.82, 2.24) is 4.57 Å². The third kappa shape index (κ3) is 4.22. The number of benzene rings is 3. The molecule has 0 spiro atoms. The molecule has 0 radical (unpaired) electrons. The number of aryl methyl sites for hydroxylation is 1. The van der Waals surface area contributed by atoms with Gasteiger partial charge in [0, 0.05) is 5.39 Å². The summed E-state index contributed by atoms with van der Waals surface area (Å²) in [6, 6.07) is 24.7. The van der Waals surface area contributed by atoms with Crippen LogP contribution in [0.4, 0.5) is 5.69 Å². The van der Waals surface area contributed by atoms with Gasteiger partial charge < -0.3 is 14.4 Å². The van der Waals surface area contributed by atoms with E-state index in [2.05, 4.69) is 10.2 Å². The molecule has 0 bridgehead atoms. The first-order valence-electron chi connectivity index (χ1n) is 9.60. The number of rotatable bonds is 6. The van der Waals surface area contributed by atoms with Gasteiger partial charge in [-0.15, -0.1) is 10.2 Å². The van der Waals surface area contributed by atoms with E-state index in [4.69, 9.17) is 4.74 Å². The van der Waals surface area contributed by atoms with E-state index in [1.807, 2.05) is 73.7 Å². The van der Waals surface area contributed by atoms with E-state index >= 15 is 0 Å². The lowest BCUT2D eigenvalue weighted by atomic mass is 10.2. The monoisotopic (exact) mass is 399 g/mol. The normalized spacial score (nSPS) is 11.2. The first kappa shape index (κ1) is 19.4. The highest BCUT2D eigenvalue weighted by molar-refractivity contribution is 5.95. The van der Waals surface area contributed by atoms with Gasteiger partial charge in [-0.05, 0) is 30.7 Å². The third-order valence-electron chi connectivity index (χ3n) is 4.75. The fourth-order valence-electron chi connectivity index (χ4n) is 3.21. The molecule has 4 aromatic rings. The number of azo groups is 1. The van der Waals surface area contributed by atoms with Gasteiger partial charge in [0.15, 0.2) is 12.3 Å². The standard InChI is InChI=1S/C24H21N3O3/c1-17-11-13-19(14-12-17)30-16-22(28)25-26-23-20-9-5-6-10-21(20)27(24(23)29)15-18-7-3-2-4-8-18/h2-14,29H,15-16H2,1H3. The molecule has 0 saturated heterocycles. The largest absolute Gasteiger partial charge is 0.493 e. The Balaban J connectivity index is 1.55. The topological polar surface area (TPSA) is 76.2 Å². The molecule has 0 fully saturated rings. The maximum absolute atomic E-state index is 12.1. The predicted octanol–water partition coefficient (Wildman–Crippen LogP) is 5.39. The Bertz CT molecular complexity index is 1200. The van der Waals surface area contributed by atoms with E-state index in [-0.39, 0.29) is 18.2 Å². The zero-order chi connectivity index (χ0) is 20.9. The van der Waals surface area contributed by atoms with Crippen LogP contribution < -0.4 is 4.74 Å². The molecule has 0 aliphatic rings. The number of carbonyl (C=O) groups excluding carboxylic acids is 1. The fourth-order valence-corrected chi connectivity index (χ4v) is 3.21. The maximum atomic E-state index is 12.1. The Morgan fingerprint density at radius 1 is 0.967 bits per heavy atom. The number of para-hydroxylation sites is 1. The lowest BCUT2D eigenvalue weighted by molar-refractivity contribution is -0.120. The number of nitrogens with zero attached hydrogens (tertiary/aromatic N) is 3. The quantitative estimate of drug-likeness (QED) is 0.442. The van der Waals surface area contributed by atoms with Crippen LogP contribution in [0.2, 0.25) is 0 Å². The van der Waals surface area contributed by atoms with E-state index in [1.165, 1.54) is 0 Å². The second kappa shape index (κ2) is 8.61. The van der Waals surface area contributed by atoms with Gasteiger partial charge in [0.1, 0.15) is 5.75 Å². The molecule has 1 heterocycles. The molecule has 150 valence electrons. The molecular weight excluding hydrogens is 378 g/mol. The Labute approximate surface area is 174 Å². The van der Waals surface area contributed by atoms with Crippen LogP contribution in [-0.4, -0.2) is 22.2 Å². The van der Waals surface area contributed by atoms with E-state index in [0.717, 1.165) is 22.0 Å². The smallest absolute Gasteiger partial charge is 0.302 e. The minimum Gasteiger partial charge on any atom is -0.493 e. The Morgan fingerprint density at radius 3 is 2.43 bits per heavy atom. The summed E-state index contributed by atoms with van der Waals surface area (Å²) in [6.07, 6.45) is 0. The molecule has 4 rings (SSSR count). The van der Waals surface area contributed by atoms with Crippen LogP contribution in [-0.2, 0) is 11.3 Å². The van der Waals surface area contributed by atoms with Gasteiger partial charge in [-0.1, -0.05) is 66.2 Å². The zero-order valence-corrected chi connectivity index (χ0v) is 16.5. The number of aromatic nitrogens is 1. The van der Waals surface area contributed by atoms with Crippen molar-refractivity contribution in [2.75, 3.05) is 6.61 Å². The molecule has 3 aromatic carbocycles. The first-order chi connectivity index (χ1) is 14.6. The van der Waals surface area contributed by atoms with E-state index in [9.17, 15) is 9.90 Å². The van der Waals surface area contributed by atoms with Crippen LogP contribution in [0.1, 0.15) is 11.1 Å². The molecule has 1 amide bonds. The van der Waals surface area contributed by atoms with Crippen molar-refractivity contribution in [3.63, 3.8) is 0 Å². The second-order valence-corrected chi connectivity index (χ2v) is 6.96. The van der Waals surface area contributed by atoms with Crippen LogP contribution >= 0.6 is 0 Å². The number of aromatic hydroxyl groups is 1. The Hall–Kier alpha value is -3.93. The third-order valence-corrected chi connectivity index (χ3v) is 4.75. The average molecular weight is 399 g/mol. The summed E-state index contributed by atoms with van der Waals surface area (Å²) in [7, 11) is 0. The molecule has 6 nitrogen and oxygen atoms in total. The van der Waals surface area contributed by atoms with Gasteiger partial charge in [-0.2, -0.15) is 0 Å². The summed E-state index contributed by atoms with van der Waals surface area (Å²) in [4.78, 5) is 12.1. The predicted molar refractivity (Wildman–Crippen MR) is 115 cm³/mol. The molecule has 0 aliphatic carbocycles. The molecule has 0 atom stereocenters. The minimum absolute atomic E-state index is 0.0314. The summed E-state index contributed by atoms with van der Waals surface area (Å²) in [5.74, 6) is 0.0254.